The van der Waals surface area contributed by atoms with Gasteiger partial charge in [0.25, 0.3) is 17.4 Å². The van der Waals surface area contributed by atoms with Crippen molar-refractivity contribution in [2.24, 2.45) is 5.73 Å². The zero-order chi connectivity index (χ0) is 82.9. The summed E-state index contributed by atoms with van der Waals surface area (Å²) in [6.45, 7) is 1.25. The van der Waals surface area contributed by atoms with Crippen LogP contribution in [0.25, 0.3) is 44.6 Å². The third-order valence-electron chi connectivity index (χ3n) is 17.0. The number of aromatic nitrogens is 7. The van der Waals surface area contributed by atoms with Gasteiger partial charge in [-0.2, -0.15) is 4.98 Å². The zero-order valence-electron chi connectivity index (χ0n) is 63.9. The number of hydrogen-bond acceptors (Lipinski definition) is 28. The van der Waals surface area contributed by atoms with Crippen LogP contribution in [-0.4, -0.2) is 229 Å². The van der Waals surface area contributed by atoms with Gasteiger partial charge < -0.3 is 85.7 Å². The second-order valence-corrected chi connectivity index (χ2v) is 29.1. The average Bonchev–Trinajstić information content (AvgIpc) is 0.958. The Morgan fingerprint density at radius 2 is 1.45 bits per heavy atom. The number of benzene rings is 4. The second-order valence-electron chi connectivity index (χ2n) is 26.2. The standard InChI is InChI=1S/C74H95N15O24P2/c1-87(2)53-17-20-57-61(42-53)113-62-43-54(88(3)4)18-21-58(62)66(57)59-41-49(14-19-56(59)72(96)97)69(93)78-27-10-30-107-47-55(112-65(92)25-23-63(75)90)26-34-111-115(102,103)109-32-8-5-7-31-108-114(100,101)110-33-9-6-11-51-46-89(86-85-51)29-36-105-38-40-106-39-37-104-35-28-77-64(91)24-22-60(73(98)99)82-70(94)48-12-15-50(16-13-48)79-44-52-45-80-68-67(81-52)71(95)84-74(76)83-68/h5,7,12-21,41-43,45-46,55,60H,6,8-11,22-40,44,47H2,1-4H3,(H12-,75,76,77,78,79,80,82,83,84,90,91,93,94,95,96,97,98,99,100,101,102,103)/p+1/b7-5+. The van der Waals surface area contributed by atoms with Gasteiger partial charge in [0.15, 0.2) is 11.2 Å². The Hall–Kier alpha value is -10.8. The summed E-state index contributed by atoms with van der Waals surface area (Å²) in [6, 6.07) is 20.5. The van der Waals surface area contributed by atoms with Crippen LogP contribution in [-0.2, 0) is 89.6 Å². The number of aromatic amines is 1. The number of esters is 1. The number of nitrogens with one attached hydrogen (secondary N) is 5. The Kier molecular flexibility index (Phi) is 35.4. The maximum atomic E-state index is 13.7. The summed E-state index contributed by atoms with van der Waals surface area (Å²) in [7, 11) is -1.48. The van der Waals surface area contributed by atoms with E-state index < -0.39 is 81.5 Å². The van der Waals surface area contributed by atoms with Crippen LogP contribution in [0.1, 0.15) is 100 Å². The van der Waals surface area contributed by atoms with E-state index in [1.54, 1.807) is 29.1 Å². The minimum Gasteiger partial charge on any atom is -0.480 e. The molecule has 0 fully saturated rings. The van der Waals surface area contributed by atoms with Crippen molar-refractivity contribution >= 4 is 96.6 Å². The fourth-order valence-corrected chi connectivity index (χ4v) is 12.5. The van der Waals surface area contributed by atoms with Crippen LogP contribution in [0.4, 0.5) is 17.3 Å². The van der Waals surface area contributed by atoms with Crippen molar-refractivity contribution in [1.29, 1.82) is 0 Å². The van der Waals surface area contributed by atoms with Crippen molar-refractivity contribution in [1.82, 2.24) is 55.5 Å². The molecule has 620 valence electrons. The number of nitrogen functional groups attached to an aromatic ring is 1. The number of amides is 4. The lowest BCUT2D eigenvalue weighted by Crippen LogP contribution is -2.41. The maximum Gasteiger partial charge on any atom is 0.472 e. The first-order valence-corrected chi connectivity index (χ1v) is 39.7. The molecule has 3 aromatic carbocycles. The quantitative estimate of drug-likeness (QED) is 0.00620. The van der Waals surface area contributed by atoms with Crippen LogP contribution in [0, 0.1) is 0 Å². The van der Waals surface area contributed by atoms with Gasteiger partial charge in [0.2, 0.25) is 23.1 Å². The molecule has 13 N–H and O–H groups in total. The van der Waals surface area contributed by atoms with E-state index in [-0.39, 0.29) is 151 Å². The van der Waals surface area contributed by atoms with Crippen molar-refractivity contribution in [3.8, 4) is 22.5 Å². The number of carboxylic acids is 2. The molecule has 115 heavy (non-hydrogen) atoms. The van der Waals surface area contributed by atoms with Crippen molar-refractivity contribution < 1.29 is 109 Å². The molecule has 0 saturated heterocycles. The number of phosphoric ester groups is 2. The summed E-state index contributed by atoms with van der Waals surface area (Å²) < 4.78 is 83.2. The van der Waals surface area contributed by atoms with Crippen LogP contribution >= 0.6 is 15.6 Å². The SMILES string of the molecule is CN(C)c1ccc2c(-c3cc(C(=O)NCCCOCC(CCOP(=O)(O)OCC/C=C/COP(=O)(O)OCCCCc4cn(CCOCCOCCOCCNC(=O)CCC(NC(=O)c5ccc(NCc6cnc7nc(N)[nH]c(=O)c7n6)cc5)C(=O)O)nn4)OC(=O)CCC(N)=O)ccc3C(=O)O)c3ccc(=[N+](C)C)cc-3oc2c1. The largest absolute Gasteiger partial charge is 0.480 e. The van der Waals surface area contributed by atoms with E-state index in [1.807, 2.05) is 74.1 Å². The molecule has 0 saturated carbocycles. The monoisotopic (exact) mass is 1640 g/mol. The van der Waals surface area contributed by atoms with E-state index in [0.29, 0.717) is 96.1 Å². The van der Waals surface area contributed by atoms with E-state index in [2.05, 4.69) is 51.5 Å². The van der Waals surface area contributed by atoms with Gasteiger partial charge >= 0.3 is 33.6 Å². The molecule has 0 bridgehead atoms. The number of nitrogens with zero attached hydrogens (tertiary/aromatic N) is 8. The Morgan fingerprint density at radius 1 is 0.722 bits per heavy atom. The summed E-state index contributed by atoms with van der Waals surface area (Å²) in [6.07, 6.45) is 5.84. The molecule has 41 heteroatoms. The average molecular weight is 1640 g/mol. The first-order valence-electron chi connectivity index (χ1n) is 36.7. The van der Waals surface area contributed by atoms with Gasteiger partial charge in [0, 0.05) is 110 Å². The number of fused-ring (bicyclic) bond motifs is 3. The molecule has 2 aliphatic rings. The fraction of sp³-hybridized carbons (Fsp3) is 0.432. The predicted molar refractivity (Wildman–Crippen MR) is 417 cm³/mol. The number of phosphoric acid groups is 2. The Labute approximate surface area is 659 Å². The molecule has 4 heterocycles. The highest BCUT2D eigenvalue weighted by molar-refractivity contribution is 7.47. The lowest BCUT2D eigenvalue weighted by atomic mass is 9.89. The molecule has 1 aliphatic carbocycles. The smallest absolute Gasteiger partial charge is 0.472 e. The molecule has 4 unspecified atom stereocenters. The van der Waals surface area contributed by atoms with Crippen LogP contribution in [0.3, 0.4) is 0 Å². The topological polar surface area (TPSA) is 539 Å². The van der Waals surface area contributed by atoms with Gasteiger partial charge in [-0.1, -0.05) is 17.4 Å². The number of ether oxygens (including phenoxy) is 5. The number of aromatic carboxylic acids is 1. The Morgan fingerprint density at radius 3 is 2.19 bits per heavy atom. The van der Waals surface area contributed by atoms with Gasteiger partial charge in [0.05, 0.1) is 121 Å². The van der Waals surface area contributed by atoms with Crippen LogP contribution in [0.2, 0.25) is 0 Å². The molecule has 8 rings (SSSR count). The lowest BCUT2D eigenvalue weighted by molar-refractivity contribution is -0.153. The van der Waals surface area contributed by atoms with Gasteiger partial charge in [-0.15, -0.1) is 5.10 Å². The van der Waals surface area contributed by atoms with Crippen LogP contribution in [0.5, 0.6) is 0 Å². The van der Waals surface area contributed by atoms with Crippen molar-refractivity contribution in [3.63, 3.8) is 0 Å². The number of anilines is 3. The number of hydrogen-bond donors (Lipinski definition) is 11. The number of H-pyrrole nitrogens is 1. The summed E-state index contributed by atoms with van der Waals surface area (Å²) in [5, 5.41) is 40.9. The molecule has 3 aromatic heterocycles. The van der Waals surface area contributed by atoms with Gasteiger partial charge in [-0.25, -0.2) is 37.9 Å². The Balaban J connectivity index is 0.618. The predicted octanol–water partition coefficient (Wildman–Crippen LogP) is 4.58. The minimum absolute atomic E-state index is 0.0229. The Bertz CT molecular complexity index is 4860. The molecule has 39 nitrogen and oxygen atoms in total. The zero-order valence-corrected chi connectivity index (χ0v) is 65.7. The van der Waals surface area contributed by atoms with Gasteiger partial charge in [-0.05, 0) is 105 Å². The summed E-state index contributed by atoms with van der Waals surface area (Å²) in [4.78, 5) is 137. The highest BCUT2D eigenvalue weighted by Gasteiger charge is 2.28. The van der Waals surface area contributed by atoms with Crippen LogP contribution in [0.15, 0.2) is 113 Å². The normalized spacial score (nSPS) is 13.1. The number of unbranched alkanes of at least 4 members (excludes halogenated alkanes) is 1. The second kappa shape index (κ2) is 45.3. The molecule has 6 aromatic rings. The number of aliphatic carboxylic acids is 1. The maximum absolute atomic E-state index is 13.7. The fourth-order valence-electron chi connectivity index (χ4n) is 11.0. The summed E-state index contributed by atoms with van der Waals surface area (Å²) in [5.41, 5.74) is 15.4. The first kappa shape index (κ1) is 89.7. The number of carbonyl (C=O) groups is 7. The van der Waals surface area contributed by atoms with Gasteiger partial charge in [0.1, 0.15) is 37.6 Å². The van der Waals surface area contributed by atoms with E-state index >= 15 is 0 Å². The van der Waals surface area contributed by atoms with Crippen LogP contribution < -0.4 is 53.1 Å². The number of carboxylic acid groups (broad SMARTS) is 2. The molecular formula is C74H96N15O24P2+. The number of primary amides is 1. The molecule has 4 atom stereocenters. The highest BCUT2D eigenvalue weighted by atomic mass is 31.2. The number of rotatable bonds is 52. The van der Waals surface area contributed by atoms with E-state index in [4.69, 9.17) is 57.7 Å². The summed E-state index contributed by atoms with van der Waals surface area (Å²) in [5.74, 6) is -5.11. The third kappa shape index (κ3) is 30.2. The van der Waals surface area contributed by atoms with Gasteiger partial charge in [-0.3, -0.25) is 51.8 Å². The van der Waals surface area contributed by atoms with Crippen molar-refractivity contribution in [2.75, 3.05) is 137 Å². The molecule has 4 amide bonds. The number of carbonyl (C=O) groups excluding carboxylic acids is 5. The van der Waals surface area contributed by atoms with E-state index in [0.717, 1.165) is 11.0 Å². The van der Waals surface area contributed by atoms with E-state index in [9.17, 15) is 67.5 Å². The van der Waals surface area contributed by atoms with Crippen molar-refractivity contribution in [3.05, 3.63) is 147 Å². The number of aryl methyl sites for hydroxylation is 1. The van der Waals surface area contributed by atoms with E-state index in [1.165, 1.54) is 42.6 Å². The van der Waals surface area contributed by atoms with Crippen molar-refractivity contribution in [2.45, 2.75) is 89.4 Å². The first-order chi connectivity index (χ1) is 55.1. The number of nitrogens with two attached hydrogens (primary N) is 2. The summed E-state index contributed by atoms with van der Waals surface area (Å²) >= 11 is 0. The molecule has 1 aliphatic heterocycles. The third-order valence-corrected chi connectivity index (χ3v) is 19.0. The molecule has 0 spiro atoms. The lowest BCUT2D eigenvalue weighted by Gasteiger charge is -2.19. The molecular weight excluding hydrogens is 1540 g/mol. The molecule has 0 radical (unpaired) electrons. The minimum atomic E-state index is -4.63. The highest BCUT2D eigenvalue weighted by Crippen LogP contribution is 2.45.